The number of rotatable bonds is 9. The molecule has 37 heavy (non-hydrogen) atoms. The number of carbonyl (C=O) groups excluding carboxylic acids is 1. The number of ketones is 1. The molecule has 2 aromatic rings. The van der Waals surface area contributed by atoms with Gasteiger partial charge in [-0.15, -0.1) is 0 Å². The van der Waals surface area contributed by atoms with Crippen molar-refractivity contribution in [1.29, 1.82) is 0 Å². The Hall–Kier alpha value is -1.45. The molecule has 4 rings (SSSR count). The van der Waals surface area contributed by atoms with Crippen molar-refractivity contribution in [2.75, 3.05) is 44.2 Å². The Morgan fingerprint density at radius 3 is 2.35 bits per heavy atom. The summed E-state index contributed by atoms with van der Waals surface area (Å²) in [5, 5.41) is 11.2. The Morgan fingerprint density at radius 1 is 1.11 bits per heavy atom. The molecule has 9 heteroatoms. The van der Waals surface area contributed by atoms with Gasteiger partial charge in [-0.25, -0.2) is 4.98 Å². The maximum Gasteiger partial charge on any atom is 0.204 e. The number of nitrogens with zero attached hydrogens (tertiary/aromatic N) is 4. The fourth-order valence-corrected chi connectivity index (χ4v) is 6.39. The summed E-state index contributed by atoms with van der Waals surface area (Å²) < 4.78 is 8.04. The first-order valence-electron chi connectivity index (χ1n) is 13.8. The van der Waals surface area contributed by atoms with Crippen LogP contribution in [0.4, 0.5) is 5.69 Å². The number of benzene rings is 1. The fraction of sp³-hybridized carbons (Fsp3) is 0.714. The van der Waals surface area contributed by atoms with Crippen LogP contribution in [-0.2, 0) is 11.5 Å². The summed E-state index contributed by atoms with van der Waals surface area (Å²) in [5.41, 5.74) is 1.34. The Kier molecular flexibility index (Phi) is 8.46. The number of fused-ring (bicyclic) bond motifs is 1. The summed E-state index contributed by atoms with van der Waals surface area (Å²) in [6.45, 7) is 18.9. The first kappa shape index (κ1) is 28.6. The molecule has 0 radical (unpaired) electrons. The van der Waals surface area contributed by atoms with E-state index in [9.17, 15) is 9.90 Å². The number of likely N-dealkylation sites (N-methyl/N-ethyl adjacent to an activating group) is 1. The fourth-order valence-electron chi connectivity index (χ4n) is 5.36. The second-order valence-electron chi connectivity index (χ2n) is 12.8. The molecule has 1 N–H and O–H groups in total. The van der Waals surface area contributed by atoms with Gasteiger partial charge in [0.05, 0.1) is 27.3 Å². The van der Waals surface area contributed by atoms with E-state index in [2.05, 4.69) is 36.4 Å². The summed E-state index contributed by atoms with van der Waals surface area (Å²) in [6, 6.07) is 5.06. The predicted molar refractivity (Wildman–Crippen MR) is 155 cm³/mol. The van der Waals surface area contributed by atoms with Crippen LogP contribution in [0, 0.1) is 5.41 Å². The zero-order chi connectivity index (χ0) is 27.0. The van der Waals surface area contributed by atoms with Crippen LogP contribution < -0.4 is 4.90 Å². The second-order valence-corrected chi connectivity index (χ2v) is 18.8. The van der Waals surface area contributed by atoms with Crippen LogP contribution in [0.15, 0.2) is 12.1 Å². The first-order valence-corrected chi connectivity index (χ1v) is 17.9. The number of carbonyl (C=O) groups is 1. The number of hydrogen-bond acceptors (Lipinski definition) is 6. The lowest BCUT2D eigenvalue weighted by atomic mass is 9.68. The van der Waals surface area contributed by atoms with Gasteiger partial charge in [-0.1, -0.05) is 45.1 Å². The van der Waals surface area contributed by atoms with Crippen molar-refractivity contribution in [3.63, 3.8) is 0 Å². The SMILES string of the molecule is CCN1CCN(c2cc3nc(C(=O)C4(C)CCC(C)(O)CC4)n(COCC[Si](C)(C)C)c3cc2Cl)CC1. The number of hydrogen-bond donors (Lipinski definition) is 1. The lowest BCUT2D eigenvalue weighted by molar-refractivity contribution is -0.00984. The molecular formula is C28H45ClN4O3Si. The number of aliphatic hydroxyl groups is 1. The highest BCUT2D eigenvalue weighted by Gasteiger charge is 2.43. The third-order valence-corrected chi connectivity index (χ3v) is 10.4. The van der Waals surface area contributed by atoms with E-state index in [1.54, 1.807) is 0 Å². The quantitative estimate of drug-likeness (QED) is 0.248. The summed E-state index contributed by atoms with van der Waals surface area (Å²) in [6.07, 6.45) is 2.52. The Morgan fingerprint density at radius 2 is 1.76 bits per heavy atom. The molecule has 7 nitrogen and oxygen atoms in total. The Balaban J connectivity index is 1.66. The van der Waals surface area contributed by atoms with Crippen molar-refractivity contribution < 1.29 is 14.6 Å². The minimum atomic E-state index is -1.23. The van der Waals surface area contributed by atoms with Crippen molar-refractivity contribution in [3.8, 4) is 0 Å². The molecule has 1 saturated carbocycles. The molecule has 1 aromatic heterocycles. The van der Waals surface area contributed by atoms with Gasteiger partial charge in [-0.05, 0) is 57.3 Å². The van der Waals surface area contributed by atoms with Crippen molar-refractivity contribution in [3.05, 3.63) is 23.0 Å². The van der Waals surface area contributed by atoms with E-state index >= 15 is 0 Å². The maximum absolute atomic E-state index is 14.0. The van der Waals surface area contributed by atoms with Gasteiger partial charge >= 0.3 is 0 Å². The highest BCUT2D eigenvalue weighted by atomic mass is 35.5. The predicted octanol–water partition coefficient (Wildman–Crippen LogP) is 5.66. The summed E-state index contributed by atoms with van der Waals surface area (Å²) in [4.78, 5) is 23.7. The van der Waals surface area contributed by atoms with Crippen LogP contribution in [0.1, 0.15) is 57.1 Å². The van der Waals surface area contributed by atoms with Gasteiger partial charge in [0, 0.05) is 46.3 Å². The van der Waals surface area contributed by atoms with Crippen molar-refractivity contribution >= 4 is 42.2 Å². The van der Waals surface area contributed by atoms with E-state index < -0.39 is 19.1 Å². The van der Waals surface area contributed by atoms with E-state index in [0.717, 1.165) is 55.5 Å². The summed E-state index contributed by atoms with van der Waals surface area (Å²) in [7, 11) is -1.23. The topological polar surface area (TPSA) is 70.8 Å². The molecule has 2 aliphatic rings. The minimum absolute atomic E-state index is 0.0298. The van der Waals surface area contributed by atoms with Gasteiger partial charge in [0.15, 0.2) is 5.82 Å². The molecular weight excluding hydrogens is 504 g/mol. The zero-order valence-electron chi connectivity index (χ0n) is 23.6. The van der Waals surface area contributed by atoms with E-state index in [4.69, 9.17) is 21.3 Å². The number of ether oxygens (including phenoxy) is 1. The highest BCUT2D eigenvalue weighted by molar-refractivity contribution is 6.76. The normalized spacial score (nSPS) is 25.7. The van der Waals surface area contributed by atoms with Gasteiger partial charge in [0.1, 0.15) is 6.73 Å². The van der Waals surface area contributed by atoms with Gasteiger partial charge in [-0.2, -0.15) is 0 Å². The van der Waals surface area contributed by atoms with E-state index in [1.807, 2.05) is 30.5 Å². The molecule has 0 amide bonds. The number of anilines is 1. The molecule has 206 valence electrons. The molecule has 0 bridgehead atoms. The number of halogens is 1. The standard InChI is InChI=1S/C28H45ClN4O3Si/c1-7-31-12-14-32(15-13-31)23-19-22-24(18-21(23)29)33(20-36-16-17-37(4,5)6)26(30-22)25(34)27(2)8-10-28(3,35)11-9-27/h18-19,35H,7-17,20H2,1-6H3. The number of piperazine rings is 1. The molecule has 2 fully saturated rings. The number of aromatic nitrogens is 2. The van der Waals surface area contributed by atoms with Crippen molar-refractivity contribution in [2.24, 2.45) is 5.41 Å². The van der Waals surface area contributed by atoms with Crippen LogP contribution in [0.25, 0.3) is 11.0 Å². The monoisotopic (exact) mass is 548 g/mol. The largest absolute Gasteiger partial charge is 0.390 e. The number of Topliss-reactive ketones (excluding diaryl/α,β-unsaturated/α-hetero) is 1. The number of imidazole rings is 1. The third-order valence-electron chi connectivity index (χ3n) is 8.38. The van der Waals surface area contributed by atoms with Gasteiger partial charge in [0.2, 0.25) is 5.78 Å². The van der Waals surface area contributed by atoms with Gasteiger partial charge in [0.25, 0.3) is 0 Å². The lowest BCUT2D eigenvalue weighted by Crippen LogP contribution is -2.46. The van der Waals surface area contributed by atoms with Gasteiger partial charge in [-0.3, -0.25) is 9.36 Å². The van der Waals surface area contributed by atoms with Gasteiger partial charge < -0.3 is 19.6 Å². The summed E-state index contributed by atoms with van der Waals surface area (Å²) in [5.74, 6) is 0.471. The smallest absolute Gasteiger partial charge is 0.204 e. The Bertz CT molecular complexity index is 1110. The van der Waals surface area contributed by atoms with Crippen LogP contribution in [0.2, 0.25) is 30.7 Å². The molecule has 1 aliphatic carbocycles. The highest BCUT2D eigenvalue weighted by Crippen LogP contribution is 2.43. The van der Waals surface area contributed by atoms with Crippen LogP contribution in [0.5, 0.6) is 0 Å². The molecule has 1 saturated heterocycles. The van der Waals surface area contributed by atoms with E-state index in [0.29, 0.717) is 43.1 Å². The summed E-state index contributed by atoms with van der Waals surface area (Å²) >= 11 is 6.85. The molecule has 0 unspecified atom stereocenters. The van der Waals surface area contributed by atoms with E-state index in [-0.39, 0.29) is 12.5 Å². The third kappa shape index (κ3) is 6.59. The average molecular weight is 549 g/mol. The molecule has 1 aliphatic heterocycles. The minimum Gasteiger partial charge on any atom is -0.390 e. The van der Waals surface area contributed by atoms with Crippen LogP contribution >= 0.6 is 11.6 Å². The average Bonchev–Trinajstić information content (AvgIpc) is 3.19. The molecule has 2 heterocycles. The molecule has 0 spiro atoms. The second kappa shape index (κ2) is 11.0. The Labute approximate surface area is 228 Å². The molecule has 0 atom stereocenters. The zero-order valence-corrected chi connectivity index (χ0v) is 25.3. The lowest BCUT2D eigenvalue weighted by Gasteiger charge is -2.39. The van der Waals surface area contributed by atoms with Crippen LogP contribution in [0.3, 0.4) is 0 Å². The first-order chi connectivity index (χ1) is 17.3. The van der Waals surface area contributed by atoms with E-state index in [1.165, 1.54) is 0 Å². The van der Waals surface area contributed by atoms with Crippen molar-refractivity contribution in [1.82, 2.24) is 14.5 Å². The molecule has 1 aromatic carbocycles. The van der Waals surface area contributed by atoms with Crippen molar-refractivity contribution in [2.45, 2.75) is 84.5 Å². The van der Waals surface area contributed by atoms with Crippen LogP contribution in [-0.4, -0.2) is 78.3 Å². The maximum atomic E-state index is 14.0.